The Hall–Kier alpha value is -3.52. The zero-order valence-electron chi connectivity index (χ0n) is 21.7. The minimum absolute atomic E-state index is 0.0962. The van der Waals surface area contributed by atoms with Crippen LogP contribution in [0.15, 0.2) is 60.8 Å². The van der Waals surface area contributed by atoms with E-state index in [4.69, 9.17) is 9.97 Å². The molecule has 5 nitrogen and oxygen atoms in total. The minimum Gasteiger partial charge on any atom is -0.369 e. The highest BCUT2D eigenvalue weighted by Crippen LogP contribution is 2.37. The molecule has 0 radical (unpaired) electrons. The van der Waals surface area contributed by atoms with Crippen LogP contribution in [0, 0.1) is 12.8 Å². The largest absolute Gasteiger partial charge is 0.418 e. The lowest BCUT2D eigenvalue weighted by Crippen LogP contribution is -2.33. The van der Waals surface area contributed by atoms with Gasteiger partial charge in [0.1, 0.15) is 11.6 Å². The number of likely N-dealkylation sites (tertiary alicyclic amines) is 1. The third-order valence-corrected chi connectivity index (χ3v) is 7.32. The average molecular weight is 520 g/mol. The van der Waals surface area contributed by atoms with Crippen molar-refractivity contribution in [3.8, 4) is 11.3 Å². The van der Waals surface area contributed by atoms with E-state index in [2.05, 4.69) is 41.2 Å². The molecule has 2 aromatic carbocycles. The van der Waals surface area contributed by atoms with E-state index in [-0.39, 0.29) is 5.69 Å². The number of halogens is 3. The summed E-state index contributed by atoms with van der Waals surface area (Å²) < 4.78 is 41.1. The van der Waals surface area contributed by atoms with E-state index in [1.807, 2.05) is 12.1 Å². The highest BCUT2D eigenvalue weighted by atomic mass is 19.4. The van der Waals surface area contributed by atoms with Gasteiger partial charge in [0.2, 0.25) is 0 Å². The van der Waals surface area contributed by atoms with Crippen LogP contribution in [0.2, 0.25) is 0 Å². The summed E-state index contributed by atoms with van der Waals surface area (Å²) in [6, 6.07) is 15.8. The molecule has 2 aromatic heterocycles. The van der Waals surface area contributed by atoms with Crippen LogP contribution in [0.4, 0.5) is 19.0 Å². The van der Waals surface area contributed by atoms with Crippen molar-refractivity contribution in [3.05, 3.63) is 83.3 Å². The van der Waals surface area contributed by atoms with Crippen LogP contribution < -0.4 is 5.32 Å². The van der Waals surface area contributed by atoms with E-state index in [1.54, 1.807) is 18.2 Å². The first-order valence-electron chi connectivity index (χ1n) is 13.1. The van der Waals surface area contributed by atoms with Crippen LogP contribution in [0.1, 0.15) is 42.3 Å². The molecule has 1 saturated heterocycles. The SMILES string of the molecule is Cc1ccccc1CCNc1nc(CN2CCC(C)CC2)nc2cc(-c3ncccc3C(F)(F)F)ccc12. The molecule has 38 heavy (non-hydrogen) atoms. The number of aromatic nitrogens is 3. The van der Waals surface area contributed by atoms with Crippen molar-refractivity contribution >= 4 is 16.7 Å². The lowest BCUT2D eigenvalue weighted by molar-refractivity contribution is -0.137. The molecule has 1 N–H and O–H groups in total. The number of pyridine rings is 1. The molecule has 5 rings (SSSR count). The van der Waals surface area contributed by atoms with Crippen molar-refractivity contribution in [2.75, 3.05) is 25.0 Å². The Labute approximate surface area is 221 Å². The first-order valence-corrected chi connectivity index (χ1v) is 13.1. The number of nitrogens with one attached hydrogen (secondary N) is 1. The Morgan fingerprint density at radius 1 is 1.00 bits per heavy atom. The summed E-state index contributed by atoms with van der Waals surface area (Å²) in [4.78, 5) is 16.1. The zero-order valence-corrected chi connectivity index (χ0v) is 21.7. The topological polar surface area (TPSA) is 53.9 Å². The number of fused-ring (bicyclic) bond motifs is 1. The van der Waals surface area contributed by atoms with Gasteiger partial charge in [0.15, 0.2) is 0 Å². The Kier molecular flexibility index (Phi) is 7.61. The van der Waals surface area contributed by atoms with Gasteiger partial charge in [-0.15, -0.1) is 0 Å². The third-order valence-electron chi connectivity index (χ3n) is 7.32. The molecule has 1 fully saturated rings. The molecule has 0 aliphatic carbocycles. The molecule has 1 aliphatic heterocycles. The van der Waals surface area contributed by atoms with E-state index >= 15 is 0 Å². The zero-order chi connectivity index (χ0) is 26.7. The first-order chi connectivity index (χ1) is 18.3. The van der Waals surface area contributed by atoms with Crippen molar-refractivity contribution in [3.63, 3.8) is 0 Å². The van der Waals surface area contributed by atoms with Crippen LogP contribution in [0.25, 0.3) is 22.2 Å². The molecule has 8 heteroatoms. The summed E-state index contributed by atoms with van der Waals surface area (Å²) in [5, 5.41) is 4.25. The molecule has 0 amide bonds. The van der Waals surface area contributed by atoms with Crippen LogP contribution in [0.3, 0.4) is 0 Å². The third kappa shape index (κ3) is 5.96. The predicted octanol–water partition coefficient (Wildman–Crippen LogP) is 6.91. The second-order valence-corrected chi connectivity index (χ2v) is 10.2. The second kappa shape index (κ2) is 11.1. The molecule has 0 bridgehead atoms. The molecule has 0 saturated carbocycles. The lowest BCUT2D eigenvalue weighted by atomic mass is 9.99. The van der Waals surface area contributed by atoms with Crippen molar-refractivity contribution in [1.29, 1.82) is 0 Å². The Morgan fingerprint density at radius 2 is 1.79 bits per heavy atom. The fourth-order valence-corrected chi connectivity index (χ4v) is 5.02. The van der Waals surface area contributed by atoms with Gasteiger partial charge in [0.05, 0.1) is 23.3 Å². The molecule has 4 aromatic rings. The summed E-state index contributed by atoms with van der Waals surface area (Å²) in [6.07, 6.45) is -0.00402. The maximum Gasteiger partial charge on any atom is 0.418 e. The predicted molar refractivity (Wildman–Crippen MR) is 145 cm³/mol. The molecule has 0 spiro atoms. The first kappa shape index (κ1) is 26.1. The fraction of sp³-hybridized carbons (Fsp3) is 0.367. The number of hydrogen-bond donors (Lipinski definition) is 1. The van der Waals surface area contributed by atoms with Gasteiger partial charge < -0.3 is 5.32 Å². The quantitative estimate of drug-likeness (QED) is 0.288. The number of benzene rings is 2. The standard InChI is InChI=1S/C30H32F3N5/c1-20-12-16-38(17-13-20)19-27-36-26-18-23(28-25(30(31,32)33)8-5-14-34-28)9-10-24(26)29(37-27)35-15-11-22-7-4-3-6-21(22)2/h3-10,14,18,20H,11-13,15-17,19H2,1-2H3,(H,35,36,37). The van der Waals surface area contributed by atoms with Crippen LogP contribution in [0.5, 0.6) is 0 Å². The van der Waals surface area contributed by atoms with E-state index in [1.165, 1.54) is 23.4 Å². The Bertz CT molecular complexity index is 1410. The van der Waals surface area contributed by atoms with Crippen LogP contribution in [-0.4, -0.2) is 39.5 Å². The maximum atomic E-state index is 13.7. The molecule has 198 valence electrons. The lowest BCUT2D eigenvalue weighted by Gasteiger charge is -2.29. The van der Waals surface area contributed by atoms with E-state index in [0.717, 1.165) is 43.8 Å². The summed E-state index contributed by atoms with van der Waals surface area (Å²) in [7, 11) is 0. The van der Waals surface area contributed by atoms with Gasteiger partial charge in [-0.25, -0.2) is 9.97 Å². The molecule has 3 heterocycles. The van der Waals surface area contributed by atoms with Crippen molar-refractivity contribution in [1.82, 2.24) is 19.9 Å². The Morgan fingerprint density at radius 3 is 2.55 bits per heavy atom. The van der Waals surface area contributed by atoms with Crippen molar-refractivity contribution in [2.24, 2.45) is 5.92 Å². The minimum atomic E-state index is -4.50. The normalized spacial score (nSPS) is 15.2. The van der Waals surface area contributed by atoms with Gasteiger partial charge in [-0.1, -0.05) is 37.3 Å². The number of aryl methyl sites for hydroxylation is 1. The summed E-state index contributed by atoms with van der Waals surface area (Å²) in [5.74, 6) is 2.08. The summed E-state index contributed by atoms with van der Waals surface area (Å²) in [6.45, 7) is 7.63. The summed E-state index contributed by atoms with van der Waals surface area (Å²) in [5.41, 5.74) is 2.64. The van der Waals surface area contributed by atoms with Gasteiger partial charge in [-0.3, -0.25) is 9.88 Å². The molecule has 0 atom stereocenters. The van der Waals surface area contributed by atoms with Gasteiger partial charge >= 0.3 is 6.18 Å². The second-order valence-electron chi connectivity index (χ2n) is 10.2. The molecular formula is C30H32F3N5. The van der Waals surface area contributed by atoms with Gasteiger partial charge in [0, 0.05) is 23.7 Å². The summed E-state index contributed by atoms with van der Waals surface area (Å²) >= 11 is 0. The average Bonchev–Trinajstić information content (AvgIpc) is 2.90. The monoisotopic (exact) mass is 519 g/mol. The fourth-order valence-electron chi connectivity index (χ4n) is 5.02. The number of rotatable bonds is 7. The van der Waals surface area contributed by atoms with Crippen molar-refractivity contribution in [2.45, 2.75) is 45.8 Å². The molecular weight excluding hydrogens is 487 g/mol. The van der Waals surface area contributed by atoms with Gasteiger partial charge in [0.25, 0.3) is 0 Å². The Balaban J connectivity index is 1.49. The number of anilines is 1. The molecule has 0 unspecified atom stereocenters. The van der Waals surface area contributed by atoms with Crippen LogP contribution >= 0.6 is 0 Å². The number of piperidine rings is 1. The van der Waals surface area contributed by atoms with E-state index in [9.17, 15) is 13.2 Å². The molecule has 1 aliphatic rings. The van der Waals surface area contributed by atoms with Gasteiger partial charge in [-0.05, 0) is 80.6 Å². The highest BCUT2D eigenvalue weighted by Gasteiger charge is 2.34. The highest BCUT2D eigenvalue weighted by molar-refractivity contribution is 5.92. The number of alkyl halides is 3. The number of nitrogens with zero attached hydrogens (tertiary/aromatic N) is 4. The van der Waals surface area contributed by atoms with E-state index in [0.29, 0.717) is 41.7 Å². The van der Waals surface area contributed by atoms with Gasteiger partial charge in [-0.2, -0.15) is 13.2 Å². The maximum absolute atomic E-state index is 13.7. The van der Waals surface area contributed by atoms with Crippen molar-refractivity contribution < 1.29 is 13.2 Å². The number of hydrogen-bond acceptors (Lipinski definition) is 5. The smallest absolute Gasteiger partial charge is 0.369 e. The van der Waals surface area contributed by atoms with E-state index < -0.39 is 11.7 Å². The van der Waals surface area contributed by atoms with Crippen LogP contribution in [-0.2, 0) is 19.1 Å².